The van der Waals surface area contributed by atoms with Crippen molar-refractivity contribution in [1.82, 2.24) is 20.6 Å². The van der Waals surface area contributed by atoms with E-state index in [4.69, 9.17) is 4.42 Å². The average molecular weight is 509 g/mol. The van der Waals surface area contributed by atoms with Crippen LogP contribution in [0.1, 0.15) is 31.2 Å². The van der Waals surface area contributed by atoms with Gasteiger partial charge in [-0.05, 0) is 38.5 Å². The fourth-order valence-electron chi connectivity index (χ4n) is 2.77. The first-order chi connectivity index (χ1) is 13.5. The van der Waals surface area contributed by atoms with Crippen LogP contribution in [0.2, 0.25) is 0 Å². The summed E-state index contributed by atoms with van der Waals surface area (Å²) in [6.45, 7) is 6.92. The summed E-state index contributed by atoms with van der Waals surface area (Å²) in [5.41, 5.74) is 0.898. The van der Waals surface area contributed by atoms with Crippen LogP contribution < -0.4 is 10.6 Å². The van der Waals surface area contributed by atoms with E-state index in [2.05, 4.69) is 25.6 Å². The molecule has 2 aromatic heterocycles. The van der Waals surface area contributed by atoms with E-state index >= 15 is 0 Å². The molecule has 0 saturated heterocycles. The standard InChI is InChI=1S/C21H27N5O2.HI/c1-4-22-20(25-14-21(3,27)18-11-10-15(2)28-18)24-13-19-23-12-17(26-19)16-8-6-5-7-9-16;/h5-12,27H,4,13-14H2,1-3H3,(H,23,26)(H2,22,24,25);1H. The maximum Gasteiger partial charge on any atom is 0.191 e. The lowest BCUT2D eigenvalue weighted by molar-refractivity contribution is 0.0378. The van der Waals surface area contributed by atoms with Gasteiger partial charge in [0.25, 0.3) is 0 Å². The number of aromatic nitrogens is 2. The van der Waals surface area contributed by atoms with E-state index in [0.29, 0.717) is 24.8 Å². The third kappa shape index (κ3) is 6.33. The Morgan fingerprint density at radius 1 is 1.21 bits per heavy atom. The van der Waals surface area contributed by atoms with Crippen molar-refractivity contribution in [2.45, 2.75) is 32.9 Å². The van der Waals surface area contributed by atoms with Gasteiger partial charge in [0.05, 0.1) is 18.4 Å². The molecule has 29 heavy (non-hydrogen) atoms. The molecule has 0 aliphatic rings. The summed E-state index contributed by atoms with van der Waals surface area (Å²) in [5.74, 6) is 2.66. The van der Waals surface area contributed by atoms with Crippen LogP contribution in [0.3, 0.4) is 0 Å². The summed E-state index contributed by atoms with van der Waals surface area (Å²) in [6, 6.07) is 13.7. The third-order valence-electron chi connectivity index (χ3n) is 4.32. The number of hydrogen-bond donors (Lipinski definition) is 4. The number of nitrogens with one attached hydrogen (secondary N) is 3. The molecule has 3 rings (SSSR count). The maximum atomic E-state index is 10.7. The van der Waals surface area contributed by atoms with Gasteiger partial charge in [-0.25, -0.2) is 9.98 Å². The quantitative estimate of drug-likeness (QED) is 0.222. The summed E-state index contributed by atoms with van der Waals surface area (Å²) in [5, 5.41) is 17.0. The van der Waals surface area contributed by atoms with Gasteiger partial charge in [0.15, 0.2) is 5.96 Å². The predicted octanol–water partition coefficient (Wildman–Crippen LogP) is 3.56. The number of imidazole rings is 1. The van der Waals surface area contributed by atoms with Gasteiger partial charge >= 0.3 is 0 Å². The molecule has 0 bridgehead atoms. The lowest BCUT2D eigenvalue weighted by atomic mass is 10.0. The SMILES string of the molecule is CCNC(=NCc1ncc(-c2ccccc2)[nH]1)NCC(C)(O)c1ccc(C)o1.I. The molecule has 7 nitrogen and oxygen atoms in total. The molecular formula is C21H28IN5O2. The molecule has 1 atom stereocenters. The van der Waals surface area contributed by atoms with Crippen molar-refractivity contribution in [2.75, 3.05) is 13.1 Å². The number of aromatic amines is 1. The van der Waals surface area contributed by atoms with Gasteiger partial charge in [0, 0.05) is 6.54 Å². The Bertz CT molecular complexity index is 918. The normalized spacial score (nSPS) is 13.4. The van der Waals surface area contributed by atoms with Crippen LogP contribution in [0.25, 0.3) is 11.3 Å². The highest BCUT2D eigenvalue weighted by Crippen LogP contribution is 2.22. The Hall–Kier alpha value is -2.33. The minimum absolute atomic E-state index is 0. The topological polar surface area (TPSA) is 98.5 Å². The van der Waals surface area contributed by atoms with Crippen LogP contribution in [-0.4, -0.2) is 34.1 Å². The number of hydrogen-bond acceptors (Lipinski definition) is 4. The van der Waals surface area contributed by atoms with Crippen LogP contribution in [0.5, 0.6) is 0 Å². The molecule has 0 aliphatic carbocycles. The number of guanidine groups is 1. The van der Waals surface area contributed by atoms with E-state index in [1.807, 2.05) is 56.4 Å². The van der Waals surface area contributed by atoms with Crippen molar-refractivity contribution in [3.05, 3.63) is 66.0 Å². The number of benzene rings is 1. The maximum absolute atomic E-state index is 10.7. The second-order valence-corrected chi connectivity index (χ2v) is 6.84. The van der Waals surface area contributed by atoms with Gasteiger partial charge in [-0.3, -0.25) is 0 Å². The summed E-state index contributed by atoms with van der Waals surface area (Å²) < 4.78 is 5.55. The van der Waals surface area contributed by atoms with E-state index in [1.165, 1.54) is 0 Å². The monoisotopic (exact) mass is 509 g/mol. The van der Waals surface area contributed by atoms with E-state index in [-0.39, 0.29) is 30.5 Å². The number of rotatable bonds is 7. The zero-order valence-electron chi connectivity index (χ0n) is 16.9. The second kappa shape index (κ2) is 10.4. The highest BCUT2D eigenvalue weighted by atomic mass is 127. The zero-order chi connectivity index (χ0) is 20.0. The van der Waals surface area contributed by atoms with Crippen LogP contribution in [0.15, 0.2) is 58.1 Å². The Morgan fingerprint density at radius 3 is 2.62 bits per heavy atom. The van der Waals surface area contributed by atoms with Gasteiger partial charge in [-0.1, -0.05) is 30.3 Å². The first-order valence-corrected chi connectivity index (χ1v) is 9.38. The van der Waals surface area contributed by atoms with Crippen LogP contribution in [-0.2, 0) is 12.1 Å². The lowest BCUT2D eigenvalue weighted by Crippen LogP contribution is -2.44. The molecule has 0 radical (unpaired) electrons. The highest BCUT2D eigenvalue weighted by Gasteiger charge is 2.27. The predicted molar refractivity (Wildman–Crippen MR) is 125 cm³/mol. The molecule has 0 fully saturated rings. The molecule has 156 valence electrons. The van der Waals surface area contributed by atoms with Crippen molar-refractivity contribution < 1.29 is 9.52 Å². The summed E-state index contributed by atoms with van der Waals surface area (Å²) >= 11 is 0. The molecule has 0 saturated carbocycles. The molecule has 4 N–H and O–H groups in total. The molecule has 2 heterocycles. The van der Waals surface area contributed by atoms with E-state index in [0.717, 1.165) is 22.8 Å². The highest BCUT2D eigenvalue weighted by molar-refractivity contribution is 14.0. The number of halogens is 1. The molecule has 0 aliphatic heterocycles. The van der Waals surface area contributed by atoms with Gasteiger partial charge in [-0.2, -0.15) is 0 Å². The Morgan fingerprint density at radius 2 is 1.97 bits per heavy atom. The molecule has 0 spiro atoms. The van der Waals surface area contributed by atoms with Gasteiger partial charge < -0.3 is 25.1 Å². The number of aryl methyl sites for hydroxylation is 1. The fraction of sp³-hybridized carbons (Fsp3) is 0.333. The minimum atomic E-state index is -1.14. The minimum Gasteiger partial charge on any atom is -0.463 e. The molecule has 1 aromatic carbocycles. The fourth-order valence-corrected chi connectivity index (χ4v) is 2.77. The lowest BCUT2D eigenvalue weighted by Gasteiger charge is -2.22. The van der Waals surface area contributed by atoms with E-state index in [1.54, 1.807) is 13.0 Å². The zero-order valence-corrected chi connectivity index (χ0v) is 19.2. The largest absolute Gasteiger partial charge is 0.463 e. The Labute approximate surface area is 188 Å². The molecule has 1 unspecified atom stereocenters. The van der Waals surface area contributed by atoms with E-state index < -0.39 is 5.60 Å². The average Bonchev–Trinajstić information content (AvgIpc) is 3.34. The summed E-state index contributed by atoms with van der Waals surface area (Å²) in [7, 11) is 0. The number of H-pyrrole nitrogens is 1. The second-order valence-electron chi connectivity index (χ2n) is 6.84. The van der Waals surface area contributed by atoms with Crippen LogP contribution >= 0.6 is 24.0 Å². The van der Waals surface area contributed by atoms with Gasteiger partial charge in [0.2, 0.25) is 0 Å². The van der Waals surface area contributed by atoms with Gasteiger partial charge in [0.1, 0.15) is 29.5 Å². The Balaban J connectivity index is 0.00000300. The Kier molecular flexibility index (Phi) is 8.27. The molecule has 0 amide bonds. The van der Waals surface area contributed by atoms with Crippen molar-refractivity contribution in [3.8, 4) is 11.3 Å². The van der Waals surface area contributed by atoms with E-state index in [9.17, 15) is 5.11 Å². The first kappa shape index (κ1) is 23.0. The molecule has 3 aromatic rings. The first-order valence-electron chi connectivity index (χ1n) is 9.38. The van der Waals surface area contributed by atoms with Crippen molar-refractivity contribution >= 4 is 29.9 Å². The van der Waals surface area contributed by atoms with Crippen molar-refractivity contribution in [2.24, 2.45) is 4.99 Å². The molecular weight excluding hydrogens is 481 g/mol. The number of nitrogens with zero attached hydrogens (tertiary/aromatic N) is 2. The smallest absolute Gasteiger partial charge is 0.191 e. The van der Waals surface area contributed by atoms with Crippen molar-refractivity contribution in [1.29, 1.82) is 0 Å². The summed E-state index contributed by atoms with van der Waals surface area (Å²) in [6.07, 6.45) is 1.81. The van der Waals surface area contributed by atoms with Crippen LogP contribution in [0.4, 0.5) is 0 Å². The molecule has 8 heteroatoms. The number of aliphatic imine (C=N–C) groups is 1. The third-order valence-corrected chi connectivity index (χ3v) is 4.32. The number of furan rings is 1. The van der Waals surface area contributed by atoms with Crippen LogP contribution in [0, 0.1) is 6.92 Å². The van der Waals surface area contributed by atoms with Gasteiger partial charge in [-0.15, -0.1) is 24.0 Å². The number of aliphatic hydroxyl groups is 1. The summed E-state index contributed by atoms with van der Waals surface area (Å²) in [4.78, 5) is 12.2. The van der Waals surface area contributed by atoms with Crippen molar-refractivity contribution in [3.63, 3.8) is 0 Å².